The normalized spacial score (nSPS) is 12.8. The second-order valence-electron chi connectivity index (χ2n) is 14.8. The van der Waals surface area contributed by atoms with E-state index in [2.05, 4.69) is 231 Å². The van der Waals surface area contributed by atoms with Gasteiger partial charge in [-0.3, -0.25) is 0 Å². The molecule has 8 aromatic carbocycles. The van der Waals surface area contributed by atoms with Gasteiger partial charge in [-0.1, -0.05) is 147 Å². The third-order valence-electron chi connectivity index (χ3n) is 10.9. The molecule has 2 nitrogen and oxygen atoms in total. The second-order valence-corrected chi connectivity index (χ2v) is 14.8. The van der Waals surface area contributed by atoms with E-state index in [1.807, 2.05) is 0 Å². The van der Waals surface area contributed by atoms with Gasteiger partial charge < -0.3 is 9.80 Å². The van der Waals surface area contributed by atoms with Crippen LogP contribution < -0.4 is 9.80 Å². The van der Waals surface area contributed by atoms with Crippen LogP contribution in [0, 0.1) is 6.92 Å². The molecule has 1 aliphatic carbocycles. The third kappa shape index (κ3) is 6.16. The maximum atomic E-state index is 2.39. The van der Waals surface area contributed by atoms with E-state index in [-0.39, 0.29) is 5.41 Å². The monoisotopic (exact) mass is 694 g/mol. The van der Waals surface area contributed by atoms with Crippen molar-refractivity contribution in [1.82, 2.24) is 0 Å². The maximum Gasteiger partial charge on any atom is 0.0468 e. The highest BCUT2D eigenvalue weighted by Crippen LogP contribution is 2.51. The van der Waals surface area contributed by atoms with Gasteiger partial charge in [0, 0.05) is 39.5 Å². The van der Waals surface area contributed by atoms with Crippen LogP contribution in [0.5, 0.6) is 0 Å². The van der Waals surface area contributed by atoms with Crippen molar-refractivity contribution in [3.8, 4) is 11.1 Å². The lowest BCUT2D eigenvalue weighted by Crippen LogP contribution is -2.16. The molecule has 9 rings (SSSR count). The van der Waals surface area contributed by atoms with Crippen LogP contribution in [-0.4, -0.2) is 0 Å². The van der Waals surface area contributed by atoms with Crippen molar-refractivity contribution in [1.29, 1.82) is 0 Å². The zero-order valence-corrected chi connectivity index (χ0v) is 30.9. The predicted octanol–water partition coefficient (Wildman–Crippen LogP) is 14.6. The molecule has 0 saturated heterocycles. The van der Waals surface area contributed by atoms with Crippen LogP contribution in [0.1, 0.15) is 41.7 Å². The summed E-state index contributed by atoms with van der Waals surface area (Å²) < 4.78 is 0. The minimum atomic E-state index is -0.145. The van der Waals surface area contributed by atoms with E-state index in [0.717, 1.165) is 39.7 Å². The van der Waals surface area contributed by atoms with Crippen molar-refractivity contribution in [3.63, 3.8) is 0 Å². The van der Waals surface area contributed by atoms with Crippen LogP contribution in [-0.2, 0) is 5.41 Å². The van der Waals surface area contributed by atoms with Crippen LogP contribution in [0.15, 0.2) is 188 Å². The summed E-state index contributed by atoms with van der Waals surface area (Å²) in [4.78, 5) is 4.69. The average molecular weight is 695 g/mol. The summed E-state index contributed by atoms with van der Waals surface area (Å²) >= 11 is 0. The molecule has 0 saturated carbocycles. The van der Waals surface area contributed by atoms with Gasteiger partial charge in [0.2, 0.25) is 0 Å². The largest absolute Gasteiger partial charge is 0.310 e. The Labute approximate surface area is 318 Å². The predicted molar refractivity (Wildman–Crippen MR) is 231 cm³/mol. The van der Waals surface area contributed by atoms with E-state index in [9.17, 15) is 0 Å². The fourth-order valence-corrected chi connectivity index (χ4v) is 7.97. The number of para-hydroxylation sites is 2. The molecule has 8 aromatic rings. The fraction of sp³-hybridized carbons (Fsp3) is 0.0769. The van der Waals surface area contributed by atoms with Crippen molar-refractivity contribution >= 4 is 57.0 Å². The highest BCUT2D eigenvalue weighted by atomic mass is 15.1. The van der Waals surface area contributed by atoms with Crippen LogP contribution >= 0.6 is 0 Å². The molecular formula is C52H42N2. The molecule has 0 heterocycles. The Morgan fingerprint density at radius 1 is 0.370 bits per heavy atom. The summed E-state index contributed by atoms with van der Waals surface area (Å²) in [5, 5.41) is 2.47. The Bertz CT molecular complexity index is 2580. The lowest BCUT2D eigenvalue weighted by molar-refractivity contribution is 0.660. The molecule has 0 N–H and O–H groups in total. The van der Waals surface area contributed by atoms with Crippen LogP contribution in [0.3, 0.4) is 0 Å². The highest BCUT2D eigenvalue weighted by Gasteiger charge is 2.36. The summed E-state index contributed by atoms with van der Waals surface area (Å²) in [6.07, 6.45) is 4.47. The van der Waals surface area contributed by atoms with Gasteiger partial charge in [0.05, 0.1) is 0 Å². The summed E-state index contributed by atoms with van der Waals surface area (Å²) in [6, 6.07) is 68.1. The lowest BCUT2D eigenvalue weighted by atomic mass is 9.81. The molecular weight excluding hydrogens is 653 g/mol. The summed E-state index contributed by atoms with van der Waals surface area (Å²) in [5.41, 5.74) is 15.7. The van der Waals surface area contributed by atoms with E-state index in [0.29, 0.717) is 0 Å². The molecule has 260 valence electrons. The zero-order valence-electron chi connectivity index (χ0n) is 30.9. The molecule has 0 bridgehead atoms. The zero-order chi connectivity index (χ0) is 36.6. The third-order valence-corrected chi connectivity index (χ3v) is 10.9. The van der Waals surface area contributed by atoms with Gasteiger partial charge in [0.25, 0.3) is 0 Å². The topological polar surface area (TPSA) is 6.48 Å². The van der Waals surface area contributed by atoms with Gasteiger partial charge in [-0.2, -0.15) is 0 Å². The van der Waals surface area contributed by atoms with Crippen molar-refractivity contribution in [3.05, 3.63) is 216 Å². The summed E-state index contributed by atoms with van der Waals surface area (Å²) in [5.74, 6) is 0. The van der Waals surface area contributed by atoms with Crippen molar-refractivity contribution in [2.75, 3.05) is 9.80 Å². The number of aryl methyl sites for hydroxylation is 1. The van der Waals surface area contributed by atoms with Gasteiger partial charge >= 0.3 is 0 Å². The van der Waals surface area contributed by atoms with Crippen LogP contribution in [0.2, 0.25) is 0 Å². The standard InChI is InChI=1S/C52H42N2/c1-37-18-26-44(27-19-37)54(46-30-25-40-12-10-11-13-41(40)35-46)45-28-22-38(23-29-45)20-21-39-24-32-48-49-33-31-47(36-51(49)52(2,3)50(48)34-39)53(42-14-6-4-7-15-42)43-16-8-5-9-17-43/h4-36H,1-3H3/b21-20+. The molecule has 0 aromatic heterocycles. The van der Waals surface area contributed by atoms with Gasteiger partial charge in [-0.05, 0) is 124 Å². The van der Waals surface area contributed by atoms with Gasteiger partial charge in [-0.25, -0.2) is 0 Å². The average Bonchev–Trinajstić information content (AvgIpc) is 3.44. The summed E-state index contributed by atoms with van der Waals surface area (Å²) in [6.45, 7) is 6.85. The molecule has 0 radical (unpaired) electrons. The highest BCUT2D eigenvalue weighted by molar-refractivity contribution is 5.90. The van der Waals surface area contributed by atoms with Crippen molar-refractivity contribution < 1.29 is 0 Å². The first-order valence-electron chi connectivity index (χ1n) is 18.8. The van der Waals surface area contributed by atoms with E-state index in [1.54, 1.807) is 0 Å². The van der Waals surface area contributed by atoms with Gasteiger partial charge in [0.1, 0.15) is 0 Å². The van der Waals surface area contributed by atoms with E-state index >= 15 is 0 Å². The van der Waals surface area contributed by atoms with Crippen molar-refractivity contribution in [2.45, 2.75) is 26.2 Å². The lowest BCUT2D eigenvalue weighted by Gasteiger charge is -2.28. The van der Waals surface area contributed by atoms with E-state index < -0.39 is 0 Å². The Hall–Kier alpha value is -6.64. The smallest absolute Gasteiger partial charge is 0.0468 e. The Morgan fingerprint density at radius 3 is 1.46 bits per heavy atom. The number of anilines is 6. The molecule has 0 fully saturated rings. The minimum Gasteiger partial charge on any atom is -0.310 e. The van der Waals surface area contributed by atoms with Gasteiger partial charge in [-0.15, -0.1) is 0 Å². The molecule has 0 aliphatic heterocycles. The number of benzene rings is 8. The summed E-state index contributed by atoms with van der Waals surface area (Å²) in [7, 11) is 0. The number of fused-ring (bicyclic) bond motifs is 4. The second kappa shape index (κ2) is 13.7. The number of nitrogens with zero attached hydrogens (tertiary/aromatic N) is 2. The number of hydrogen-bond acceptors (Lipinski definition) is 2. The quantitative estimate of drug-likeness (QED) is 0.146. The molecule has 0 unspecified atom stereocenters. The van der Waals surface area contributed by atoms with E-state index in [4.69, 9.17) is 0 Å². The Kier molecular flexibility index (Phi) is 8.44. The first-order valence-corrected chi connectivity index (χ1v) is 18.8. The molecule has 0 atom stereocenters. The molecule has 0 amide bonds. The molecule has 0 spiro atoms. The number of hydrogen-bond donors (Lipinski definition) is 0. The Morgan fingerprint density at radius 2 is 0.815 bits per heavy atom. The SMILES string of the molecule is Cc1ccc(N(c2ccc(/C=C/c3ccc4c(c3)C(C)(C)c3cc(N(c5ccccc5)c5ccccc5)ccc3-4)cc2)c2ccc3ccccc3c2)cc1. The van der Waals surface area contributed by atoms with E-state index in [1.165, 1.54) is 44.2 Å². The first kappa shape index (κ1) is 33.2. The minimum absolute atomic E-state index is 0.145. The van der Waals surface area contributed by atoms with Crippen molar-refractivity contribution in [2.24, 2.45) is 0 Å². The maximum absolute atomic E-state index is 2.39. The van der Waals surface area contributed by atoms with Gasteiger partial charge in [0.15, 0.2) is 0 Å². The first-order chi connectivity index (χ1) is 26.4. The molecule has 54 heavy (non-hydrogen) atoms. The molecule has 1 aliphatic rings. The van der Waals surface area contributed by atoms with Crippen LogP contribution in [0.4, 0.5) is 34.1 Å². The fourth-order valence-electron chi connectivity index (χ4n) is 7.97. The van der Waals surface area contributed by atoms with Crippen LogP contribution in [0.25, 0.3) is 34.1 Å². The Balaban J connectivity index is 1.000. The number of rotatable bonds is 8. The molecule has 2 heteroatoms.